The highest BCUT2D eigenvalue weighted by molar-refractivity contribution is 5.92. The van der Waals surface area contributed by atoms with Crippen molar-refractivity contribution >= 4 is 17.5 Å². The van der Waals surface area contributed by atoms with E-state index in [9.17, 15) is 9.59 Å². The molecule has 0 unspecified atom stereocenters. The predicted molar refractivity (Wildman–Crippen MR) is 102 cm³/mol. The van der Waals surface area contributed by atoms with Crippen LogP contribution < -0.4 is 10.6 Å². The monoisotopic (exact) mass is 365 g/mol. The maximum atomic E-state index is 12.6. The second-order valence-electron chi connectivity index (χ2n) is 8.95. The van der Waals surface area contributed by atoms with Crippen molar-refractivity contribution in [2.24, 2.45) is 23.2 Å². The van der Waals surface area contributed by atoms with Gasteiger partial charge in [-0.1, -0.05) is 12.1 Å². The number of rotatable bonds is 6. The van der Waals surface area contributed by atoms with Gasteiger partial charge in [0.15, 0.2) is 0 Å². The Labute approximate surface area is 160 Å². The molecule has 4 aliphatic rings. The lowest BCUT2D eigenvalue weighted by atomic mass is 9.49. The number of amides is 2. The van der Waals surface area contributed by atoms with Crippen LogP contribution in [0.25, 0.3) is 0 Å². The fourth-order valence-corrected chi connectivity index (χ4v) is 6.09. The van der Waals surface area contributed by atoms with Gasteiger partial charge in [-0.3, -0.25) is 9.59 Å². The summed E-state index contributed by atoms with van der Waals surface area (Å²) >= 11 is 0. The first-order valence-corrected chi connectivity index (χ1v) is 10.1. The topological polar surface area (TPSA) is 82.0 Å². The lowest BCUT2D eigenvalue weighted by Gasteiger charge is -2.56. The minimum atomic E-state index is -0.311. The summed E-state index contributed by atoms with van der Waals surface area (Å²) in [6.07, 6.45) is 8.49. The third-order valence-electron chi connectivity index (χ3n) is 6.67. The van der Waals surface area contributed by atoms with Crippen molar-refractivity contribution in [2.45, 2.75) is 57.9 Å². The first-order chi connectivity index (χ1) is 13.0. The molecule has 0 radical (unpaired) electrons. The van der Waals surface area contributed by atoms with E-state index < -0.39 is 0 Å². The number of carbonyl (C=O) groups excluding carboxylic acids is 2. The maximum absolute atomic E-state index is 12.6. The summed E-state index contributed by atoms with van der Waals surface area (Å²) in [5.74, 6) is 2.46. The fourth-order valence-electron chi connectivity index (χ4n) is 6.09. The van der Waals surface area contributed by atoms with Gasteiger partial charge in [0.05, 0.1) is 6.07 Å². The van der Waals surface area contributed by atoms with Gasteiger partial charge in [0.25, 0.3) is 0 Å². The van der Waals surface area contributed by atoms with Gasteiger partial charge in [0, 0.05) is 18.7 Å². The Morgan fingerprint density at radius 2 is 1.59 bits per heavy atom. The Balaban J connectivity index is 1.27. The van der Waals surface area contributed by atoms with Crippen molar-refractivity contribution in [3.05, 3.63) is 29.8 Å². The maximum Gasteiger partial charge on any atom is 0.238 e. The normalized spacial score (nSPS) is 30.6. The van der Waals surface area contributed by atoms with Crippen molar-refractivity contribution in [3.63, 3.8) is 0 Å². The molecular formula is C22H27N3O2. The minimum Gasteiger partial charge on any atom is -0.352 e. The van der Waals surface area contributed by atoms with Crippen molar-refractivity contribution in [1.29, 1.82) is 5.26 Å². The summed E-state index contributed by atoms with van der Waals surface area (Å²) in [5, 5.41) is 14.3. The summed E-state index contributed by atoms with van der Waals surface area (Å²) in [6, 6.07) is 9.22. The second kappa shape index (κ2) is 7.34. The lowest BCUT2D eigenvalue weighted by Crippen LogP contribution is -2.47. The summed E-state index contributed by atoms with van der Waals surface area (Å²) in [4.78, 5) is 24.0. The number of nitriles is 1. The van der Waals surface area contributed by atoms with Gasteiger partial charge < -0.3 is 10.6 Å². The van der Waals surface area contributed by atoms with Gasteiger partial charge in [-0.05, 0) is 79.4 Å². The highest BCUT2D eigenvalue weighted by Gasteiger charge is 2.51. The molecule has 0 aromatic heterocycles. The van der Waals surface area contributed by atoms with Crippen LogP contribution in [0.4, 0.5) is 5.69 Å². The van der Waals surface area contributed by atoms with E-state index >= 15 is 0 Å². The van der Waals surface area contributed by atoms with Gasteiger partial charge >= 0.3 is 0 Å². The molecule has 1 aromatic carbocycles. The van der Waals surface area contributed by atoms with Crippen molar-refractivity contribution in [1.82, 2.24) is 5.32 Å². The average molecular weight is 365 g/mol. The molecule has 0 heterocycles. The Morgan fingerprint density at radius 1 is 1.00 bits per heavy atom. The number of hydrogen-bond donors (Lipinski definition) is 2. The molecule has 27 heavy (non-hydrogen) atoms. The number of carbonyl (C=O) groups is 2. The molecule has 142 valence electrons. The molecule has 2 amide bonds. The molecule has 5 rings (SSSR count). The fraction of sp³-hybridized carbons (Fsp3) is 0.591. The van der Waals surface area contributed by atoms with E-state index in [-0.39, 0.29) is 23.7 Å². The highest BCUT2D eigenvalue weighted by atomic mass is 16.2. The van der Waals surface area contributed by atoms with E-state index in [1.54, 1.807) is 12.1 Å². The molecule has 0 spiro atoms. The standard InChI is InChI=1S/C22H27N3O2/c23-6-5-20(26)25-19-3-1-15(2-4-19)14-24-21(27)13-22-10-16-7-17(11-22)9-18(8-16)12-22/h1-4,16-18H,5,7-14H2,(H,24,27)(H,25,26). The van der Waals surface area contributed by atoms with Crippen LogP contribution in [0.2, 0.25) is 0 Å². The third kappa shape index (κ3) is 4.16. The third-order valence-corrected chi connectivity index (χ3v) is 6.67. The Kier molecular flexibility index (Phi) is 4.90. The highest BCUT2D eigenvalue weighted by Crippen LogP contribution is 2.61. The zero-order valence-electron chi connectivity index (χ0n) is 15.7. The van der Waals surface area contributed by atoms with Crippen LogP contribution in [0.3, 0.4) is 0 Å². The van der Waals surface area contributed by atoms with Crippen LogP contribution in [-0.2, 0) is 16.1 Å². The molecule has 5 heteroatoms. The number of anilines is 1. The first-order valence-electron chi connectivity index (χ1n) is 10.1. The van der Waals surface area contributed by atoms with E-state index in [1.165, 1.54) is 38.5 Å². The van der Waals surface area contributed by atoms with E-state index in [2.05, 4.69) is 10.6 Å². The Bertz CT molecular complexity index is 727. The molecule has 0 saturated heterocycles. The van der Waals surface area contributed by atoms with E-state index in [4.69, 9.17) is 5.26 Å². The van der Waals surface area contributed by atoms with Crippen LogP contribution in [0, 0.1) is 34.5 Å². The van der Waals surface area contributed by atoms with Crippen LogP contribution in [0.15, 0.2) is 24.3 Å². The van der Waals surface area contributed by atoms with E-state index in [1.807, 2.05) is 18.2 Å². The van der Waals surface area contributed by atoms with Gasteiger partial charge in [0.2, 0.25) is 11.8 Å². The number of hydrogen-bond acceptors (Lipinski definition) is 3. The number of benzene rings is 1. The molecule has 4 bridgehead atoms. The van der Waals surface area contributed by atoms with Crippen molar-refractivity contribution < 1.29 is 9.59 Å². The molecule has 4 saturated carbocycles. The predicted octanol–water partition coefficient (Wildman–Crippen LogP) is 3.76. The van der Waals surface area contributed by atoms with Crippen LogP contribution in [-0.4, -0.2) is 11.8 Å². The second-order valence-corrected chi connectivity index (χ2v) is 8.95. The molecule has 4 fully saturated rings. The summed E-state index contributed by atoms with van der Waals surface area (Å²) < 4.78 is 0. The van der Waals surface area contributed by atoms with Gasteiger partial charge in [-0.2, -0.15) is 5.26 Å². The van der Waals surface area contributed by atoms with Gasteiger partial charge in [-0.25, -0.2) is 0 Å². The van der Waals surface area contributed by atoms with Crippen LogP contribution in [0.5, 0.6) is 0 Å². The molecule has 0 aliphatic heterocycles. The van der Waals surface area contributed by atoms with E-state index in [0.29, 0.717) is 18.7 Å². The molecular weight excluding hydrogens is 338 g/mol. The summed E-state index contributed by atoms with van der Waals surface area (Å²) in [6.45, 7) is 0.512. The lowest BCUT2D eigenvalue weighted by molar-refractivity contribution is -0.129. The quantitative estimate of drug-likeness (QED) is 0.805. The zero-order valence-corrected chi connectivity index (χ0v) is 15.7. The molecule has 1 aromatic rings. The zero-order chi connectivity index (χ0) is 18.9. The number of nitrogens with one attached hydrogen (secondary N) is 2. The van der Waals surface area contributed by atoms with E-state index in [0.717, 1.165) is 23.3 Å². The Hall–Kier alpha value is -2.35. The van der Waals surface area contributed by atoms with Crippen molar-refractivity contribution in [2.75, 3.05) is 5.32 Å². The van der Waals surface area contributed by atoms with Crippen LogP contribution >= 0.6 is 0 Å². The summed E-state index contributed by atoms with van der Waals surface area (Å²) in [5.41, 5.74) is 1.94. The first kappa shape index (κ1) is 18.0. The molecule has 0 atom stereocenters. The average Bonchev–Trinajstić information content (AvgIpc) is 2.60. The number of nitrogens with zero attached hydrogens (tertiary/aromatic N) is 1. The largest absolute Gasteiger partial charge is 0.352 e. The SMILES string of the molecule is N#CCC(=O)Nc1ccc(CNC(=O)CC23CC4CC(CC(C4)C2)C3)cc1. The molecule has 2 N–H and O–H groups in total. The molecule has 4 aliphatic carbocycles. The molecule has 5 nitrogen and oxygen atoms in total. The minimum absolute atomic E-state index is 0.151. The van der Waals surface area contributed by atoms with Crippen LogP contribution in [0.1, 0.15) is 56.9 Å². The van der Waals surface area contributed by atoms with Gasteiger partial charge in [0.1, 0.15) is 6.42 Å². The smallest absolute Gasteiger partial charge is 0.238 e. The van der Waals surface area contributed by atoms with Gasteiger partial charge in [-0.15, -0.1) is 0 Å². The Morgan fingerprint density at radius 3 is 2.15 bits per heavy atom. The van der Waals surface area contributed by atoms with Crippen molar-refractivity contribution in [3.8, 4) is 6.07 Å². The summed E-state index contributed by atoms with van der Waals surface area (Å²) in [7, 11) is 0.